The lowest BCUT2D eigenvalue weighted by atomic mass is 10.0. The van der Waals surface area contributed by atoms with E-state index in [0.29, 0.717) is 19.4 Å². The zero-order chi connectivity index (χ0) is 11.2. The number of fused-ring (bicyclic) bond motifs is 2. The van der Waals surface area contributed by atoms with Crippen LogP contribution in [0.2, 0.25) is 0 Å². The lowest BCUT2D eigenvalue weighted by Crippen LogP contribution is -2.47. The summed E-state index contributed by atoms with van der Waals surface area (Å²) in [5.74, 6) is -0.563. The highest BCUT2D eigenvalue weighted by Crippen LogP contribution is 2.30. The first-order valence-corrected chi connectivity index (χ1v) is 5.59. The van der Waals surface area contributed by atoms with Crippen LogP contribution in [0.3, 0.4) is 0 Å². The zero-order valence-electron chi connectivity index (χ0n) is 7.83. The van der Waals surface area contributed by atoms with Crippen molar-refractivity contribution in [3.05, 3.63) is 0 Å². The van der Waals surface area contributed by atoms with E-state index in [1.165, 1.54) is 4.90 Å². The minimum atomic E-state index is -2.32. The average molecular weight is 233 g/mol. The van der Waals surface area contributed by atoms with Crippen LogP contribution in [-0.4, -0.2) is 48.5 Å². The Balaban J connectivity index is 2.25. The maximum absolute atomic E-state index is 11.6. The largest absolute Gasteiger partial charge is 0.368 e. The molecule has 2 heterocycles. The summed E-state index contributed by atoms with van der Waals surface area (Å²) in [6.07, 6.45) is 0.988. The molecule has 3 N–H and O–H groups in total. The van der Waals surface area contributed by atoms with Gasteiger partial charge in [0.15, 0.2) is 0 Å². The van der Waals surface area contributed by atoms with Crippen molar-refractivity contribution in [2.24, 2.45) is 5.73 Å². The fraction of sp³-hybridized carbons (Fsp3) is 0.714. The Morgan fingerprint density at radius 2 is 2.20 bits per heavy atom. The lowest BCUT2D eigenvalue weighted by molar-refractivity contribution is -0.122. The Labute approximate surface area is 88.6 Å². The quantitative estimate of drug-likeness (QED) is 0.589. The number of urea groups is 1. The van der Waals surface area contributed by atoms with E-state index in [4.69, 9.17) is 10.3 Å². The van der Waals surface area contributed by atoms with Gasteiger partial charge in [-0.1, -0.05) is 0 Å². The molecule has 0 aromatic rings. The molecule has 0 aromatic carbocycles. The lowest BCUT2D eigenvalue weighted by Gasteiger charge is -2.27. The highest BCUT2D eigenvalue weighted by atomic mass is 32.2. The van der Waals surface area contributed by atoms with Crippen molar-refractivity contribution in [1.29, 1.82) is 0 Å². The van der Waals surface area contributed by atoms with Gasteiger partial charge in [0, 0.05) is 6.54 Å². The molecule has 2 saturated heterocycles. The van der Waals surface area contributed by atoms with Crippen LogP contribution in [0, 0.1) is 0 Å². The van der Waals surface area contributed by atoms with Crippen LogP contribution < -0.4 is 5.73 Å². The molecule has 0 spiro atoms. The van der Waals surface area contributed by atoms with E-state index in [1.54, 1.807) is 0 Å². The zero-order valence-corrected chi connectivity index (χ0v) is 8.64. The van der Waals surface area contributed by atoms with Crippen LogP contribution in [0.1, 0.15) is 12.8 Å². The van der Waals surface area contributed by atoms with Crippen LogP contribution >= 0.6 is 0 Å². The summed E-state index contributed by atoms with van der Waals surface area (Å²) in [7, 11) is 0. The highest BCUT2D eigenvalue weighted by molar-refractivity contribution is 7.77. The summed E-state index contributed by atoms with van der Waals surface area (Å²) >= 11 is -2.32. The van der Waals surface area contributed by atoms with E-state index < -0.39 is 29.2 Å². The number of carbonyl (C=O) groups is 2. The number of primary amides is 1. The summed E-state index contributed by atoms with van der Waals surface area (Å²) in [4.78, 5) is 23.9. The topological polar surface area (TPSA) is 104 Å². The Morgan fingerprint density at radius 1 is 1.53 bits per heavy atom. The molecule has 84 valence electrons. The molecule has 2 aliphatic rings. The number of rotatable bonds is 2. The van der Waals surface area contributed by atoms with E-state index in [1.807, 2.05) is 0 Å². The molecule has 0 aliphatic carbocycles. The Bertz CT molecular complexity index is 347. The molecule has 1 unspecified atom stereocenters. The second-order valence-corrected chi connectivity index (χ2v) is 4.50. The molecule has 2 fully saturated rings. The second kappa shape index (κ2) is 3.46. The smallest absolute Gasteiger partial charge is 0.334 e. The first-order valence-electron chi connectivity index (χ1n) is 4.52. The maximum atomic E-state index is 11.6. The highest BCUT2D eigenvalue weighted by Gasteiger charge is 2.48. The minimum absolute atomic E-state index is 0.279. The number of piperidine rings is 1. The van der Waals surface area contributed by atoms with Gasteiger partial charge >= 0.3 is 6.03 Å². The third-order valence-electron chi connectivity index (χ3n) is 2.82. The van der Waals surface area contributed by atoms with E-state index in [0.717, 1.165) is 4.31 Å². The van der Waals surface area contributed by atoms with Gasteiger partial charge in [0.25, 0.3) is 11.3 Å². The number of nitrogens with zero attached hydrogens (tertiary/aromatic N) is 2. The van der Waals surface area contributed by atoms with Gasteiger partial charge in [-0.15, -0.1) is 0 Å². The first kappa shape index (κ1) is 10.4. The second-order valence-electron chi connectivity index (χ2n) is 3.64. The SMILES string of the molecule is NC(=O)[C@@H]1CC[C@@H]2CN1C(=O)N2S(=O)O. The minimum Gasteiger partial charge on any atom is -0.368 e. The van der Waals surface area contributed by atoms with Gasteiger partial charge in [-0.2, -0.15) is 0 Å². The molecule has 15 heavy (non-hydrogen) atoms. The summed E-state index contributed by atoms with van der Waals surface area (Å²) < 4.78 is 20.7. The molecule has 7 nitrogen and oxygen atoms in total. The summed E-state index contributed by atoms with van der Waals surface area (Å²) in [5.41, 5.74) is 5.15. The predicted molar refractivity (Wildman–Crippen MR) is 50.7 cm³/mol. The molecule has 0 radical (unpaired) electrons. The van der Waals surface area contributed by atoms with Crippen molar-refractivity contribution in [1.82, 2.24) is 9.21 Å². The molecular formula is C7H11N3O4S. The third-order valence-corrected chi connectivity index (χ3v) is 3.61. The van der Waals surface area contributed by atoms with Crippen molar-refractivity contribution in [2.45, 2.75) is 24.9 Å². The van der Waals surface area contributed by atoms with Crippen molar-refractivity contribution in [2.75, 3.05) is 6.54 Å². The van der Waals surface area contributed by atoms with Gasteiger partial charge in [-0.25, -0.2) is 13.3 Å². The molecule has 0 aromatic heterocycles. The van der Waals surface area contributed by atoms with Crippen LogP contribution in [-0.2, 0) is 16.1 Å². The fourth-order valence-electron chi connectivity index (χ4n) is 2.13. The van der Waals surface area contributed by atoms with Crippen molar-refractivity contribution < 1.29 is 18.4 Å². The van der Waals surface area contributed by atoms with Crippen molar-refractivity contribution in [3.8, 4) is 0 Å². The molecule has 0 saturated carbocycles. The molecule has 3 amide bonds. The molecule has 2 bridgehead atoms. The third kappa shape index (κ3) is 1.49. The van der Waals surface area contributed by atoms with Gasteiger partial charge in [-0.3, -0.25) is 9.35 Å². The van der Waals surface area contributed by atoms with Gasteiger partial charge in [0.1, 0.15) is 6.04 Å². The van der Waals surface area contributed by atoms with Gasteiger partial charge in [-0.05, 0) is 12.8 Å². The molecule has 2 rings (SSSR count). The molecule has 2 aliphatic heterocycles. The number of amides is 3. The van der Waals surface area contributed by atoms with E-state index in [2.05, 4.69) is 0 Å². The Hall–Kier alpha value is -1.15. The number of hydrogen-bond donors (Lipinski definition) is 2. The molecule has 3 atom stereocenters. The number of nitrogens with two attached hydrogens (primary N) is 1. The van der Waals surface area contributed by atoms with E-state index >= 15 is 0 Å². The first-order chi connectivity index (χ1) is 7.02. The standard InChI is InChI=1S/C7H11N3O4S/c8-6(11)5-2-1-4-3-9(5)7(12)10(4)15(13)14/h4-5H,1-3H2,(H2,8,11)(H,13,14)/t4-,5+/m1/s1. The normalized spacial score (nSPS) is 31.9. The van der Waals surface area contributed by atoms with Crippen LogP contribution in [0.15, 0.2) is 0 Å². The summed E-state index contributed by atoms with van der Waals surface area (Å²) in [6.45, 7) is 0.304. The van der Waals surface area contributed by atoms with Crippen molar-refractivity contribution >= 4 is 23.2 Å². The molecule has 8 heteroatoms. The summed E-state index contributed by atoms with van der Waals surface area (Å²) in [6, 6.07) is -1.50. The monoisotopic (exact) mass is 233 g/mol. The Kier molecular flexibility index (Phi) is 2.39. The summed E-state index contributed by atoms with van der Waals surface area (Å²) in [5, 5.41) is 0. The predicted octanol–water partition coefficient (Wildman–Crippen LogP) is -1.12. The van der Waals surface area contributed by atoms with E-state index in [9.17, 15) is 13.8 Å². The van der Waals surface area contributed by atoms with Gasteiger partial charge in [0.2, 0.25) is 5.91 Å². The van der Waals surface area contributed by atoms with Gasteiger partial charge in [0.05, 0.1) is 6.04 Å². The van der Waals surface area contributed by atoms with Crippen LogP contribution in [0.25, 0.3) is 0 Å². The number of hydrogen-bond acceptors (Lipinski definition) is 3. The number of carbonyl (C=O) groups excluding carboxylic acids is 2. The average Bonchev–Trinajstić information content (AvgIpc) is 2.39. The van der Waals surface area contributed by atoms with E-state index in [-0.39, 0.29) is 6.04 Å². The van der Waals surface area contributed by atoms with Crippen LogP contribution in [0.4, 0.5) is 4.79 Å². The Morgan fingerprint density at radius 3 is 2.73 bits per heavy atom. The maximum Gasteiger partial charge on any atom is 0.334 e. The van der Waals surface area contributed by atoms with Gasteiger partial charge < -0.3 is 10.6 Å². The molecular weight excluding hydrogens is 222 g/mol. The van der Waals surface area contributed by atoms with Crippen molar-refractivity contribution in [3.63, 3.8) is 0 Å². The fourth-order valence-corrected chi connectivity index (χ4v) is 2.79. The van der Waals surface area contributed by atoms with Crippen LogP contribution in [0.5, 0.6) is 0 Å².